The number of aliphatic hydroxyl groups is 2. The molecule has 2 saturated heterocycles. The minimum absolute atomic E-state index is 0.0514. The molecule has 2 aliphatic heterocycles. The highest BCUT2D eigenvalue weighted by Crippen LogP contribution is 2.44. The molecule has 0 aromatic heterocycles. The Morgan fingerprint density at radius 1 is 1.24 bits per heavy atom. The Balaban J connectivity index is 1.85. The van der Waals surface area contributed by atoms with Crippen LogP contribution in [0.25, 0.3) is 0 Å². The number of benzene rings is 1. The predicted octanol–water partition coefficient (Wildman–Crippen LogP) is 1.44. The maximum atomic E-state index is 12.6. The number of phenolic OH excluding ortho intramolecular Hbond substituents is 1. The van der Waals surface area contributed by atoms with Gasteiger partial charge in [-0.05, 0) is 25.5 Å². The second kappa shape index (κ2) is 6.93. The highest BCUT2D eigenvalue weighted by molar-refractivity contribution is 6.42. The number of aliphatic hydroxyl groups excluding tert-OH is 2. The SMILES string of the molecule is CC(CO)(CO)N1CC(=O)N2C[C@@H](c3c(O)ccc(Cl)c3Cl)C[C@H]2C1. The summed E-state index contributed by atoms with van der Waals surface area (Å²) >= 11 is 12.4. The zero-order chi connectivity index (χ0) is 18.4. The predicted molar refractivity (Wildman–Crippen MR) is 95.1 cm³/mol. The first kappa shape index (κ1) is 18.7. The fourth-order valence-corrected chi connectivity index (χ4v) is 4.26. The molecule has 3 N–H and O–H groups in total. The Labute approximate surface area is 156 Å². The van der Waals surface area contributed by atoms with E-state index in [0.717, 1.165) is 0 Å². The molecule has 0 radical (unpaired) electrons. The first-order valence-electron chi connectivity index (χ1n) is 8.24. The van der Waals surface area contributed by atoms with Crippen LogP contribution in [0.15, 0.2) is 12.1 Å². The van der Waals surface area contributed by atoms with E-state index in [1.807, 2.05) is 4.90 Å². The number of rotatable bonds is 4. The van der Waals surface area contributed by atoms with E-state index in [-0.39, 0.29) is 43.4 Å². The van der Waals surface area contributed by atoms with Gasteiger partial charge in [0, 0.05) is 30.6 Å². The quantitative estimate of drug-likeness (QED) is 0.726. The molecule has 25 heavy (non-hydrogen) atoms. The summed E-state index contributed by atoms with van der Waals surface area (Å²) in [5.41, 5.74) is -0.259. The van der Waals surface area contributed by atoms with Crippen LogP contribution in [0.2, 0.25) is 10.0 Å². The topological polar surface area (TPSA) is 84.2 Å². The molecule has 6 nitrogen and oxygen atoms in total. The lowest BCUT2D eigenvalue weighted by Gasteiger charge is -2.45. The van der Waals surface area contributed by atoms with Crippen molar-refractivity contribution in [1.82, 2.24) is 9.80 Å². The smallest absolute Gasteiger partial charge is 0.237 e. The maximum Gasteiger partial charge on any atom is 0.237 e. The van der Waals surface area contributed by atoms with Crippen molar-refractivity contribution < 1.29 is 20.1 Å². The van der Waals surface area contributed by atoms with Crippen LogP contribution in [0.4, 0.5) is 0 Å². The summed E-state index contributed by atoms with van der Waals surface area (Å²) in [4.78, 5) is 16.2. The lowest BCUT2D eigenvalue weighted by atomic mass is 9.94. The number of piperazine rings is 1. The Hall–Kier alpha value is -1.05. The van der Waals surface area contributed by atoms with Gasteiger partial charge in [0.05, 0.1) is 35.3 Å². The van der Waals surface area contributed by atoms with E-state index >= 15 is 0 Å². The fourth-order valence-electron chi connectivity index (χ4n) is 3.78. The molecule has 8 heteroatoms. The van der Waals surface area contributed by atoms with Gasteiger partial charge in [0.25, 0.3) is 0 Å². The zero-order valence-electron chi connectivity index (χ0n) is 14.0. The van der Waals surface area contributed by atoms with Gasteiger partial charge < -0.3 is 20.2 Å². The van der Waals surface area contributed by atoms with Crippen LogP contribution in [0.3, 0.4) is 0 Å². The van der Waals surface area contributed by atoms with Gasteiger partial charge in [-0.25, -0.2) is 0 Å². The molecule has 3 rings (SSSR count). The van der Waals surface area contributed by atoms with Crippen molar-refractivity contribution in [2.45, 2.75) is 30.8 Å². The third-order valence-electron chi connectivity index (χ3n) is 5.45. The summed E-state index contributed by atoms with van der Waals surface area (Å²) in [6.07, 6.45) is 0.642. The van der Waals surface area contributed by atoms with E-state index in [9.17, 15) is 20.1 Å². The van der Waals surface area contributed by atoms with Crippen molar-refractivity contribution in [2.24, 2.45) is 0 Å². The van der Waals surface area contributed by atoms with E-state index in [0.29, 0.717) is 35.1 Å². The third-order valence-corrected chi connectivity index (χ3v) is 6.27. The van der Waals surface area contributed by atoms with Gasteiger partial charge in [0.15, 0.2) is 0 Å². The third kappa shape index (κ3) is 3.22. The largest absolute Gasteiger partial charge is 0.508 e. The van der Waals surface area contributed by atoms with Crippen molar-refractivity contribution in [1.29, 1.82) is 0 Å². The molecule has 138 valence electrons. The lowest BCUT2D eigenvalue weighted by molar-refractivity contribution is -0.143. The van der Waals surface area contributed by atoms with Crippen molar-refractivity contribution in [3.8, 4) is 5.75 Å². The lowest BCUT2D eigenvalue weighted by Crippen LogP contribution is -2.63. The molecule has 1 aromatic rings. The Bertz CT molecular complexity index is 681. The van der Waals surface area contributed by atoms with Crippen molar-refractivity contribution >= 4 is 29.1 Å². The molecule has 0 bridgehead atoms. The molecule has 0 unspecified atom stereocenters. The Morgan fingerprint density at radius 3 is 2.56 bits per heavy atom. The molecular weight excluding hydrogens is 367 g/mol. The van der Waals surface area contributed by atoms with Crippen LogP contribution in [0.5, 0.6) is 5.75 Å². The Kier molecular flexibility index (Phi) is 5.19. The molecule has 2 aliphatic rings. The number of hydrogen-bond donors (Lipinski definition) is 3. The standard InChI is InChI=1S/C17H22Cl2N2O4/c1-17(8-22,9-23)20-6-11-4-10(5-21(11)14(25)7-20)15-13(24)3-2-12(18)16(15)19/h2-3,10-11,22-24H,4-9H2,1H3/t10-,11-/m0/s1. The first-order valence-corrected chi connectivity index (χ1v) is 8.99. The van der Waals surface area contributed by atoms with Gasteiger partial charge in [0.1, 0.15) is 5.75 Å². The number of hydrogen-bond acceptors (Lipinski definition) is 5. The van der Waals surface area contributed by atoms with Gasteiger partial charge in [-0.15, -0.1) is 0 Å². The first-order chi connectivity index (χ1) is 11.8. The van der Waals surface area contributed by atoms with Crippen molar-refractivity contribution in [3.05, 3.63) is 27.7 Å². The number of aromatic hydroxyl groups is 1. The molecular formula is C17H22Cl2N2O4. The number of carbonyl (C=O) groups is 1. The zero-order valence-corrected chi connectivity index (χ0v) is 15.5. The van der Waals surface area contributed by atoms with E-state index in [4.69, 9.17) is 23.2 Å². The fraction of sp³-hybridized carbons (Fsp3) is 0.588. The average Bonchev–Trinajstić information content (AvgIpc) is 3.02. The number of nitrogens with zero attached hydrogens (tertiary/aromatic N) is 2. The number of amides is 1. The maximum absolute atomic E-state index is 12.6. The van der Waals surface area contributed by atoms with Crippen LogP contribution >= 0.6 is 23.2 Å². The summed E-state index contributed by atoms with van der Waals surface area (Å²) in [6.45, 7) is 2.46. The highest BCUT2D eigenvalue weighted by Gasteiger charge is 2.45. The molecule has 0 aliphatic carbocycles. The molecule has 2 fully saturated rings. The van der Waals surface area contributed by atoms with Crippen molar-refractivity contribution in [2.75, 3.05) is 32.8 Å². The number of phenols is 1. The van der Waals surface area contributed by atoms with E-state index in [1.54, 1.807) is 17.9 Å². The summed E-state index contributed by atoms with van der Waals surface area (Å²) < 4.78 is 0. The summed E-state index contributed by atoms with van der Waals surface area (Å²) in [6, 6.07) is 3.01. The van der Waals surface area contributed by atoms with Gasteiger partial charge >= 0.3 is 0 Å². The molecule has 0 saturated carbocycles. The molecule has 2 atom stereocenters. The van der Waals surface area contributed by atoms with Crippen LogP contribution in [-0.2, 0) is 4.79 Å². The van der Waals surface area contributed by atoms with Crippen LogP contribution in [0.1, 0.15) is 24.8 Å². The van der Waals surface area contributed by atoms with Crippen LogP contribution in [-0.4, -0.2) is 75.5 Å². The summed E-state index contributed by atoms with van der Waals surface area (Å²) in [7, 11) is 0. The van der Waals surface area contributed by atoms with E-state index < -0.39 is 5.54 Å². The Morgan fingerprint density at radius 2 is 1.92 bits per heavy atom. The molecule has 2 heterocycles. The van der Waals surface area contributed by atoms with Crippen molar-refractivity contribution in [3.63, 3.8) is 0 Å². The molecule has 0 spiro atoms. The van der Waals surface area contributed by atoms with Gasteiger partial charge in [-0.2, -0.15) is 0 Å². The number of halogens is 2. The minimum atomic E-state index is -0.838. The molecule has 1 aromatic carbocycles. The number of carbonyl (C=O) groups excluding carboxylic acids is 1. The van der Waals surface area contributed by atoms with Gasteiger partial charge in [0.2, 0.25) is 5.91 Å². The summed E-state index contributed by atoms with van der Waals surface area (Å²) in [5.74, 6) is -0.0711. The van der Waals surface area contributed by atoms with Crippen LogP contribution < -0.4 is 0 Å². The van der Waals surface area contributed by atoms with E-state index in [1.165, 1.54) is 6.07 Å². The van der Waals surface area contributed by atoms with E-state index in [2.05, 4.69) is 0 Å². The normalized spacial score (nSPS) is 24.7. The second-order valence-electron chi connectivity index (χ2n) is 7.12. The van der Waals surface area contributed by atoms with Gasteiger partial charge in [-0.1, -0.05) is 23.2 Å². The second-order valence-corrected chi connectivity index (χ2v) is 7.91. The minimum Gasteiger partial charge on any atom is -0.508 e. The highest BCUT2D eigenvalue weighted by atomic mass is 35.5. The number of fused-ring (bicyclic) bond motifs is 1. The average molecular weight is 389 g/mol. The van der Waals surface area contributed by atoms with Crippen LogP contribution in [0, 0.1) is 0 Å². The monoisotopic (exact) mass is 388 g/mol. The van der Waals surface area contributed by atoms with Gasteiger partial charge in [-0.3, -0.25) is 9.69 Å². The molecule has 1 amide bonds. The summed E-state index contributed by atoms with van der Waals surface area (Å²) in [5, 5.41) is 30.1.